The van der Waals surface area contributed by atoms with E-state index in [0.29, 0.717) is 6.54 Å². The maximum absolute atomic E-state index is 12.4. The van der Waals surface area contributed by atoms with Gasteiger partial charge in [-0.15, -0.1) is 0 Å². The molecule has 1 saturated heterocycles. The van der Waals surface area contributed by atoms with Crippen LogP contribution in [0.3, 0.4) is 0 Å². The molecule has 134 valence electrons. The number of hydrogen-bond acceptors (Lipinski definition) is 4. The Hall–Kier alpha value is -2.54. The molecule has 2 heterocycles. The van der Waals surface area contributed by atoms with E-state index in [1.165, 1.54) is 0 Å². The van der Waals surface area contributed by atoms with Crippen molar-refractivity contribution >= 4 is 22.7 Å². The van der Waals surface area contributed by atoms with Crippen LogP contribution in [-0.4, -0.2) is 54.1 Å². The van der Waals surface area contributed by atoms with Gasteiger partial charge in [-0.1, -0.05) is 0 Å². The molecule has 1 aliphatic rings. The monoisotopic (exact) mass is 344 g/mol. The minimum Gasteiger partial charge on any atom is -0.497 e. The van der Waals surface area contributed by atoms with E-state index in [-0.39, 0.29) is 24.4 Å². The fourth-order valence-electron chi connectivity index (χ4n) is 3.33. The third kappa shape index (κ3) is 4.30. The number of primary amides is 1. The normalized spacial score (nSPS) is 16.0. The molecule has 0 atom stereocenters. The molecule has 2 aromatic rings. The summed E-state index contributed by atoms with van der Waals surface area (Å²) in [6, 6.07) is 7.94. The van der Waals surface area contributed by atoms with Gasteiger partial charge < -0.3 is 20.4 Å². The molecule has 0 aliphatic carbocycles. The molecule has 3 N–H and O–H groups in total. The van der Waals surface area contributed by atoms with Gasteiger partial charge in [0, 0.05) is 36.2 Å². The fraction of sp³-hybridized carbons (Fsp3) is 0.444. The molecular weight excluding hydrogens is 320 g/mol. The van der Waals surface area contributed by atoms with Crippen molar-refractivity contribution in [3.05, 3.63) is 30.5 Å². The van der Waals surface area contributed by atoms with Crippen LogP contribution < -0.4 is 15.8 Å². The standard InChI is InChI=1S/C18H24N4O3/c1-25-15-2-3-16-13(10-15)4-9-22(16)12-18(24)20-14-5-7-21(8-6-14)11-17(19)23/h2-4,9-10,14H,5-8,11-12H2,1H3,(H2,19,23)(H,20,24). The van der Waals surface area contributed by atoms with E-state index in [1.54, 1.807) is 7.11 Å². The van der Waals surface area contributed by atoms with Gasteiger partial charge in [0.25, 0.3) is 0 Å². The van der Waals surface area contributed by atoms with Crippen molar-refractivity contribution < 1.29 is 14.3 Å². The van der Waals surface area contributed by atoms with Gasteiger partial charge in [0.1, 0.15) is 12.3 Å². The summed E-state index contributed by atoms with van der Waals surface area (Å²) in [6.45, 7) is 2.14. The summed E-state index contributed by atoms with van der Waals surface area (Å²) in [7, 11) is 1.64. The Morgan fingerprint density at radius 1 is 1.24 bits per heavy atom. The van der Waals surface area contributed by atoms with Crippen molar-refractivity contribution in [2.24, 2.45) is 5.73 Å². The van der Waals surface area contributed by atoms with Crippen LogP contribution in [0.4, 0.5) is 0 Å². The molecule has 0 saturated carbocycles. The number of rotatable bonds is 6. The Morgan fingerprint density at radius 2 is 2.00 bits per heavy atom. The summed E-state index contributed by atoms with van der Waals surface area (Å²) in [6.07, 6.45) is 3.59. The van der Waals surface area contributed by atoms with Gasteiger partial charge in [-0.05, 0) is 37.1 Å². The van der Waals surface area contributed by atoms with E-state index in [9.17, 15) is 9.59 Å². The molecule has 0 bridgehead atoms. The number of carbonyl (C=O) groups excluding carboxylic acids is 2. The van der Waals surface area contributed by atoms with Gasteiger partial charge in [0.05, 0.1) is 13.7 Å². The summed E-state index contributed by atoms with van der Waals surface area (Å²) in [5.41, 5.74) is 6.22. The lowest BCUT2D eigenvalue weighted by molar-refractivity contribution is -0.123. The number of nitrogens with one attached hydrogen (secondary N) is 1. The zero-order valence-corrected chi connectivity index (χ0v) is 14.4. The van der Waals surface area contributed by atoms with E-state index >= 15 is 0 Å². The Bertz CT molecular complexity index is 763. The highest BCUT2D eigenvalue weighted by Gasteiger charge is 2.21. The zero-order chi connectivity index (χ0) is 17.8. The Morgan fingerprint density at radius 3 is 2.68 bits per heavy atom. The number of piperidine rings is 1. The Kier molecular flexibility index (Phi) is 5.23. The van der Waals surface area contributed by atoms with Crippen LogP contribution in [0.25, 0.3) is 10.9 Å². The minimum absolute atomic E-state index is 0.00155. The van der Waals surface area contributed by atoms with Gasteiger partial charge in [-0.25, -0.2) is 0 Å². The van der Waals surface area contributed by atoms with Crippen molar-refractivity contribution in [2.75, 3.05) is 26.7 Å². The highest BCUT2D eigenvalue weighted by atomic mass is 16.5. The maximum Gasteiger partial charge on any atom is 0.240 e. The molecule has 1 aliphatic heterocycles. The zero-order valence-electron chi connectivity index (χ0n) is 14.4. The first kappa shape index (κ1) is 17.3. The number of benzene rings is 1. The van der Waals surface area contributed by atoms with Crippen LogP contribution in [0.2, 0.25) is 0 Å². The van der Waals surface area contributed by atoms with Gasteiger partial charge >= 0.3 is 0 Å². The number of nitrogens with zero attached hydrogens (tertiary/aromatic N) is 2. The van der Waals surface area contributed by atoms with E-state index in [1.807, 2.05) is 39.9 Å². The van der Waals surface area contributed by atoms with Crippen LogP contribution in [0.15, 0.2) is 30.5 Å². The van der Waals surface area contributed by atoms with E-state index in [4.69, 9.17) is 10.5 Å². The third-order valence-corrected chi connectivity index (χ3v) is 4.62. The molecule has 1 aromatic heterocycles. The summed E-state index contributed by atoms with van der Waals surface area (Å²) in [5, 5.41) is 4.14. The number of methoxy groups -OCH3 is 1. The summed E-state index contributed by atoms with van der Waals surface area (Å²) in [4.78, 5) is 25.3. The average Bonchev–Trinajstić information content (AvgIpc) is 2.98. The first-order chi connectivity index (χ1) is 12.0. The maximum atomic E-state index is 12.4. The number of hydrogen-bond donors (Lipinski definition) is 2. The molecule has 0 radical (unpaired) electrons. The lowest BCUT2D eigenvalue weighted by atomic mass is 10.1. The number of carbonyl (C=O) groups is 2. The molecular formula is C18H24N4O3. The lowest BCUT2D eigenvalue weighted by Crippen LogP contribution is -2.47. The largest absolute Gasteiger partial charge is 0.497 e. The van der Waals surface area contributed by atoms with Gasteiger partial charge in [-0.3, -0.25) is 14.5 Å². The molecule has 25 heavy (non-hydrogen) atoms. The summed E-state index contributed by atoms with van der Waals surface area (Å²) in [5.74, 6) is 0.498. The van der Waals surface area contributed by atoms with Crippen molar-refractivity contribution in [2.45, 2.75) is 25.4 Å². The lowest BCUT2D eigenvalue weighted by Gasteiger charge is -2.31. The van der Waals surface area contributed by atoms with Crippen molar-refractivity contribution in [3.63, 3.8) is 0 Å². The topological polar surface area (TPSA) is 89.6 Å². The van der Waals surface area contributed by atoms with Crippen molar-refractivity contribution in [3.8, 4) is 5.75 Å². The predicted molar refractivity (Wildman–Crippen MR) is 95.3 cm³/mol. The number of likely N-dealkylation sites (tertiary alicyclic amines) is 1. The van der Waals surface area contributed by atoms with Gasteiger partial charge in [0.15, 0.2) is 0 Å². The summed E-state index contributed by atoms with van der Waals surface area (Å²) >= 11 is 0. The van der Waals surface area contributed by atoms with Crippen LogP contribution >= 0.6 is 0 Å². The number of fused-ring (bicyclic) bond motifs is 1. The van der Waals surface area contributed by atoms with E-state index in [2.05, 4.69) is 5.32 Å². The third-order valence-electron chi connectivity index (χ3n) is 4.62. The second kappa shape index (κ2) is 7.57. The molecule has 1 aromatic carbocycles. The quantitative estimate of drug-likeness (QED) is 0.808. The van der Waals surface area contributed by atoms with Crippen LogP contribution in [0.5, 0.6) is 5.75 Å². The average molecular weight is 344 g/mol. The summed E-state index contributed by atoms with van der Waals surface area (Å²) < 4.78 is 7.16. The smallest absolute Gasteiger partial charge is 0.240 e. The Labute approximate surface area is 146 Å². The minimum atomic E-state index is -0.307. The first-order valence-electron chi connectivity index (χ1n) is 8.48. The Balaban J connectivity index is 1.54. The molecule has 3 rings (SSSR count). The predicted octanol–water partition coefficient (Wildman–Crippen LogP) is 0.716. The van der Waals surface area contributed by atoms with Crippen molar-refractivity contribution in [1.29, 1.82) is 0 Å². The SMILES string of the molecule is COc1ccc2c(ccn2CC(=O)NC2CCN(CC(N)=O)CC2)c1. The number of aromatic nitrogens is 1. The van der Waals surface area contributed by atoms with Crippen LogP contribution in [0.1, 0.15) is 12.8 Å². The molecule has 1 fully saturated rings. The highest BCUT2D eigenvalue weighted by molar-refractivity contribution is 5.84. The molecule has 7 nitrogen and oxygen atoms in total. The van der Waals surface area contributed by atoms with Gasteiger partial charge in [0.2, 0.25) is 11.8 Å². The van der Waals surface area contributed by atoms with Crippen molar-refractivity contribution in [1.82, 2.24) is 14.8 Å². The van der Waals surface area contributed by atoms with E-state index in [0.717, 1.165) is 42.6 Å². The van der Waals surface area contributed by atoms with Crippen LogP contribution in [0, 0.1) is 0 Å². The molecule has 0 unspecified atom stereocenters. The number of amides is 2. The number of nitrogens with two attached hydrogens (primary N) is 1. The molecule has 7 heteroatoms. The second-order valence-electron chi connectivity index (χ2n) is 6.45. The second-order valence-corrected chi connectivity index (χ2v) is 6.45. The van der Waals surface area contributed by atoms with Crippen LogP contribution in [-0.2, 0) is 16.1 Å². The highest BCUT2D eigenvalue weighted by Crippen LogP contribution is 2.21. The first-order valence-corrected chi connectivity index (χ1v) is 8.48. The fourth-order valence-corrected chi connectivity index (χ4v) is 3.33. The van der Waals surface area contributed by atoms with Gasteiger partial charge in [-0.2, -0.15) is 0 Å². The molecule has 0 spiro atoms. The molecule has 2 amide bonds. The van der Waals surface area contributed by atoms with E-state index < -0.39 is 0 Å². The number of ether oxygens (including phenoxy) is 1.